The van der Waals surface area contributed by atoms with Gasteiger partial charge < -0.3 is 5.73 Å². The Morgan fingerprint density at radius 1 is 1.10 bits per heavy atom. The summed E-state index contributed by atoms with van der Waals surface area (Å²) in [6, 6.07) is 4.72. The van der Waals surface area contributed by atoms with Crippen molar-refractivity contribution in [3.63, 3.8) is 0 Å². The molecule has 0 aliphatic rings. The van der Waals surface area contributed by atoms with Gasteiger partial charge in [0.15, 0.2) is 5.82 Å². The molecule has 2 rings (SSSR count). The second-order valence-electron chi connectivity index (χ2n) is 4.82. The Bertz CT molecular complexity index is 598. The lowest BCUT2D eigenvalue weighted by molar-refractivity contribution is 0.627. The van der Waals surface area contributed by atoms with Gasteiger partial charge in [0, 0.05) is 21.4 Å². The van der Waals surface area contributed by atoms with Crippen molar-refractivity contribution in [2.24, 2.45) is 5.73 Å². The maximum absolute atomic E-state index is 13.6. The third-order valence-corrected chi connectivity index (χ3v) is 3.82. The number of benzene rings is 1. The lowest BCUT2D eigenvalue weighted by atomic mass is 10.0. The van der Waals surface area contributed by atoms with Crippen molar-refractivity contribution in [2.75, 3.05) is 6.54 Å². The van der Waals surface area contributed by atoms with Crippen LogP contribution in [0.1, 0.15) is 30.8 Å². The molecule has 21 heavy (non-hydrogen) atoms. The Morgan fingerprint density at radius 2 is 1.71 bits per heavy atom. The van der Waals surface area contributed by atoms with Gasteiger partial charge in [0.05, 0.1) is 0 Å². The Hall–Kier alpha value is -1.33. The first-order valence-electron chi connectivity index (χ1n) is 7.14. The highest BCUT2D eigenvalue weighted by atomic mass is 79.9. The number of hydrogen-bond donors (Lipinski definition) is 1. The van der Waals surface area contributed by atoms with Gasteiger partial charge in [-0.25, -0.2) is 14.4 Å². The molecule has 2 N–H and O–H groups in total. The number of aromatic nitrogens is 2. The van der Waals surface area contributed by atoms with Crippen LogP contribution < -0.4 is 5.73 Å². The fraction of sp³-hybridized carbons (Fsp3) is 0.375. The highest BCUT2D eigenvalue weighted by molar-refractivity contribution is 9.10. The van der Waals surface area contributed by atoms with E-state index < -0.39 is 0 Å². The van der Waals surface area contributed by atoms with Crippen LogP contribution in [0.2, 0.25) is 0 Å². The smallest absolute Gasteiger partial charge is 0.159 e. The molecule has 1 aromatic carbocycles. The largest absolute Gasteiger partial charge is 0.330 e. The predicted octanol–water partition coefficient (Wildman–Crippen LogP) is 3.67. The molecule has 0 bridgehead atoms. The monoisotopic (exact) mass is 351 g/mol. The summed E-state index contributed by atoms with van der Waals surface area (Å²) < 4.78 is 14.3. The summed E-state index contributed by atoms with van der Waals surface area (Å²) in [4.78, 5) is 9.23. The quantitative estimate of drug-likeness (QED) is 0.893. The molecular formula is C16H19BrFN3. The van der Waals surface area contributed by atoms with Crippen LogP contribution in [-0.2, 0) is 19.3 Å². The summed E-state index contributed by atoms with van der Waals surface area (Å²) in [6.45, 7) is 4.70. The van der Waals surface area contributed by atoms with E-state index >= 15 is 0 Å². The van der Waals surface area contributed by atoms with E-state index in [0.717, 1.165) is 36.2 Å². The average molecular weight is 352 g/mol. The van der Waals surface area contributed by atoms with E-state index in [-0.39, 0.29) is 5.82 Å². The molecule has 2 aromatic rings. The zero-order valence-electron chi connectivity index (χ0n) is 12.3. The van der Waals surface area contributed by atoms with Crippen LogP contribution in [0.3, 0.4) is 0 Å². The van der Waals surface area contributed by atoms with E-state index in [1.807, 2.05) is 6.07 Å². The molecule has 0 aliphatic heterocycles. The van der Waals surface area contributed by atoms with Crippen molar-refractivity contribution in [1.29, 1.82) is 0 Å². The molecule has 0 radical (unpaired) electrons. The van der Waals surface area contributed by atoms with Gasteiger partial charge in [0.25, 0.3) is 0 Å². The van der Waals surface area contributed by atoms with E-state index in [0.29, 0.717) is 22.4 Å². The Kier molecular flexibility index (Phi) is 5.42. The van der Waals surface area contributed by atoms with Crippen LogP contribution in [0.25, 0.3) is 11.4 Å². The zero-order chi connectivity index (χ0) is 15.4. The van der Waals surface area contributed by atoms with Gasteiger partial charge >= 0.3 is 0 Å². The standard InChI is InChI=1S/C16H19BrFN3/c1-3-14-13(5-6-19)15(4-2)21-16(20-14)10-7-11(17)9-12(18)8-10/h7-9H,3-6,19H2,1-2H3. The van der Waals surface area contributed by atoms with Crippen LogP contribution in [0, 0.1) is 5.82 Å². The molecule has 0 amide bonds. The van der Waals surface area contributed by atoms with Gasteiger partial charge in [-0.05, 0) is 49.6 Å². The third-order valence-electron chi connectivity index (χ3n) is 3.36. The fourth-order valence-corrected chi connectivity index (χ4v) is 2.88. The molecule has 0 aliphatic carbocycles. The maximum atomic E-state index is 13.6. The fourth-order valence-electron chi connectivity index (χ4n) is 2.41. The zero-order valence-corrected chi connectivity index (χ0v) is 13.9. The Morgan fingerprint density at radius 3 is 2.19 bits per heavy atom. The van der Waals surface area contributed by atoms with Crippen molar-refractivity contribution < 1.29 is 4.39 Å². The van der Waals surface area contributed by atoms with Crippen LogP contribution >= 0.6 is 15.9 Å². The molecule has 0 atom stereocenters. The molecule has 0 fully saturated rings. The topological polar surface area (TPSA) is 51.8 Å². The molecule has 1 aromatic heterocycles. The summed E-state index contributed by atoms with van der Waals surface area (Å²) in [7, 11) is 0. The molecule has 0 unspecified atom stereocenters. The highest BCUT2D eigenvalue weighted by Gasteiger charge is 2.13. The second-order valence-corrected chi connectivity index (χ2v) is 5.74. The van der Waals surface area contributed by atoms with Gasteiger partial charge in [-0.3, -0.25) is 0 Å². The van der Waals surface area contributed by atoms with Crippen molar-refractivity contribution in [2.45, 2.75) is 33.1 Å². The van der Waals surface area contributed by atoms with Gasteiger partial charge in [-0.2, -0.15) is 0 Å². The lowest BCUT2D eigenvalue weighted by Gasteiger charge is -2.13. The normalized spacial score (nSPS) is 10.9. The SMILES string of the molecule is CCc1nc(-c2cc(F)cc(Br)c2)nc(CC)c1CCN. The van der Waals surface area contributed by atoms with Crippen molar-refractivity contribution in [3.05, 3.63) is 45.4 Å². The third kappa shape index (κ3) is 3.66. The summed E-state index contributed by atoms with van der Waals surface area (Å²) in [5.41, 5.74) is 9.52. The second kappa shape index (κ2) is 7.09. The summed E-state index contributed by atoms with van der Waals surface area (Å²) >= 11 is 3.31. The van der Waals surface area contributed by atoms with E-state index in [9.17, 15) is 4.39 Å². The molecule has 0 saturated carbocycles. The van der Waals surface area contributed by atoms with Crippen molar-refractivity contribution >= 4 is 15.9 Å². The van der Waals surface area contributed by atoms with Crippen LogP contribution in [0.4, 0.5) is 4.39 Å². The molecule has 0 saturated heterocycles. The number of nitrogens with two attached hydrogens (primary N) is 1. The first-order chi connectivity index (χ1) is 10.1. The van der Waals surface area contributed by atoms with Gasteiger partial charge in [0.2, 0.25) is 0 Å². The number of halogens is 2. The lowest BCUT2D eigenvalue weighted by Crippen LogP contribution is -2.12. The molecule has 3 nitrogen and oxygen atoms in total. The Balaban J connectivity index is 2.59. The van der Waals surface area contributed by atoms with Gasteiger partial charge in [-0.15, -0.1) is 0 Å². The molecular weight excluding hydrogens is 333 g/mol. The van der Waals surface area contributed by atoms with Crippen LogP contribution in [0.15, 0.2) is 22.7 Å². The Labute approximate surface area is 132 Å². The summed E-state index contributed by atoms with van der Waals surface area (Å²) in [5.74, 6) is 0.273. The van der Waals surface area contributed by atoms with Gasteiger partial charge in [0.1, 0.15) is 5.82 Å². The minimum absolute atomic E-state index is 0.301. The van der Waals surface area contributed by atoms with Gasteiger partial charge in [-0.1, -0.05) is 29.8 Å². The van der Waals surface area contributed by atoms with E-state index in [4.69, 9.17) is 5.73 Å². The minimum Gasteiger partial charge on any atom is -0.330 e. The molecule has 5 heteroatoms. The number of aryl methyl sites for hydroxylation is 2. The number of rotatable bonds is 5. The van der Waals surface area contributed by atoms with E-state index in [2.05, 4.69) is 39.7 Å². The molecule has 1 heterocycles. The highest BCUT2D eigenvalue weighted by Crippen LogP contribution is 2.24. The van der Waals surface area contributed by atoms with E-state index in [1.54, 1.807) is 0 Å². The molecule has 112 valence electrons. The number of nitrogens with zero attached hydrogens (tertiary/aromatic N) is 2. The average Bonchev–Trinajstić information content (AvgIpc) is 2.46. The molecule has 0 spiro atoms. The number of hydrogen-bond acceptors (Lipinski definition) is 3. The maximum Gasteiger partial charge on any atom is 0.159 e. The van der Waals surface area contributed by atoms with Crippen LogP contribution in [-0.4, -0.2) is 16.5 Å². The minimum atomic E-state index is -0.301. The van der Waals surface area contributed by atoms with Crippen molar-refractivity contribution in [3.8, 4) is 11.4 Å². The first-order valence-corrected chi connectivity index (χ1v) is 7.93. The van der Waals surface area contributed by atoms with Crippen LogP contribution in [0.5, 0.6) is 0 Å². The first kappa shape index (κ1) is 16.0. The van der Waals surface area contributed by atoms with E-state index in [1.165, 1.54) is 12.1 Å². The predicted molar refractivity (Wildman–Crippen MR) is 86.6 cm³/mol. The summed E-state index contributed by atoms with van der Waals surface area (Å²) in [5, 5.41) is 0. The summed E-state index contributed by atoms with van der Waals surface area (Å²) in [6.07, 6.45) is 2.40. The van der Waals surface area contributed by atoms with Crippen molar-refractivity contribution in [1.82, 2.24) is 9.97 Å².